The number of benzene rings is 3. The lowest BCUT2D eigenvalue weighted by atomic mass is 9.95. The molecule has 34 heavy (non-hydrogen) atoms. The predicted molar refractivity (Wildman–Crippen MR) is 126 cm³/mol. The van der Waals surface area contributed by atoms with Crippen LogP contribution < -0.4 is 23.7 Å². The second-order valence-corrected chi connectivity index (χ2v) is 7.99. The Bertz CT molecular complexity index is 1260. The zero-order valence-corrected chi connectivity index (χ0v) is 19.4. The minimum Gasteiger partial charge on any atom is -0.507 e. The number of hydrogen-bond donors (Lipinski definition) is 1. The number of nitrogens with zero attached hydrogens (tertiary/aromatic N) is 2. The summed E-state index contributed by atoms with van der Waals surface area (Å²) in [6.07, 6.45) is -0.0147. The number of ether oxygens (including phenoxy) is 5. The van der Waals surface area contributed by atoms with E-state index in [1.54, 1.807) is 46.6 Å². The SMILES string of the molecule is COc1ccc([C@@H]2Oc3c(OC)cccc3[C@H]3CC(c4cc(OC)ccc4O)=NN32)c(OC)c1. The van der Waals surface area contributed by atoms with E-state index in [1.165, 1.54) is 0 Å². The second-order valence-electron chi connectivity index (χ2n) is 7.99. The van der Waals surface area contributed by atoms with Crippen molar-refractivity contribution in [3.05, 3.63) is 71.3 Å². The third-order valence-electron chi connectivity index (χ3n) is 6.22. The molecule has 8 heteroatoms. The summed E-state index contributed by atoms with van der Waals surface area (Å²) in [5, 5.41) is 17.4. The van der Waals surface area contributed by atoms with Crippen LogP contribution in [0.3, 0.4) is 0 Å². The van der Waals surface area contributed by atoms with Crippen molar-refractivity contribution in [1.29, 1.82) is 0 Å². The molecule has 0 saturated carbocycles. The molecule has 0 saturated heterocycles. The zero-order valence-electron chi connectivity index (χ0n) is 19.4. The molecule has 0 radical (unpaired) electrons. The van der Waals surface area contributed by atoms with E-state index in [-0.39, 0.29) is 11.8 Å². The molecule has 0 unspecified atom stereocenters. The van der Waals surface area contributed by atoms with E-state index >= 15 is 0 Å². The van der Waals surface area contributed by atoms with Gasteiger partial charge in [-0.05, 0) is 36.4 Å². The summed E-state index contributed by atoms with van der Waals surface area (Å²) >= 11 is 0. The van der Waals surface area contributed by atoms with Gasteiger partial charge in [0.1, 0.15) is 23.0 Å². The molecular formula is C26H26N2O6. The highest BCUT2D eigenvalue weighted by molar-refractivity contribution is 6.04. The summed E-state index contributed by atoms with van der Waals surface area (Å²) in [5.74, 6) is 3.40. The number of methoxy groups -OCH3 is 4. The topological polar surface area (TPSA) is 82.0 Å². The maximum absolute atomic E-state index is 10.6. The molecule has 2 aliphatic heterocycles. The quantitative estimate of drug-likeness (QED) is 0.570. The van der Waals surface area contributed by atoms with Gasteiger partial charge in [-0.15, -0.1) is 0 Å². The summed E-state index contributed by atoms with van der Waals surface area (Å²) in [5.41, 5.74) is 3.12. The van der Waals surface area contributed by atoms with Crippen molar-refractivity contribution in [1.82, 2.24) is 5.01 Å². The van der Waals surface area contributed by atoms with E-state index < -0.39 is 6.23 Å². The molecule has 2 heterocycles. The average Bonchev–Trinajstić information content (AvgIpc) is 3.33. The summed E-state index contributed by atoms with van der Waals surface area (Å²) in [6.45, 7) is 0. The largest absolute Gasteiger partial charge is 0.507 e. The number of para-hydroxylation sites is 1. The monoisotopic (exact) mass is 462 g/mol. The van der Waals surface area contributed by atoms with Gasteiger partial charge in [0.05, 0.1) is 45.8 Å². The third kappa shape index (κ3) is 3.51. The Morgan fingerprint density at radius 3 is 2.32 bits per heavy atom. The Morgan fingerprint density at radius 1 is 0.853 bits per heavy atom. The number of hydrazone groups is 1. The maximum Gasteiger partial charge on any atom is 0.217 e. The van der Waals surface area contributed by atoms with E-state index in [9.17, 15) is 5.11 Å². The smallest absolute Gasteiger partial charge is 0.217 e. The highest BCUT2D eigenvalue weighted by Crippen LogP contribution is 2.52. The summed E-state index contributed by atoms with van der Waals surface area (Å²) < 4.78 is 28.5. The molecule has 1 N–H and O–H groups in total. The number of aromatic hydroxyl groups is 1. The maximum atomic E-state index is 10.6. The van der Waals surface area contributed by atoms with Gasteiger partial charge in [0.25, 0.3) is 0 Å². The van der Waals surface area contributed by atoms with Crippen LogP contribution in [0.1, 0.15) is 35.4 Å². The number of phenolic OH excluding ortho intramolecular Hbond substituents is 1. The van der Waals surface area contributed by atoms with Gasteiger partial charge in [0.15, 0.2) is 11.5 Å². The zero-order chi connectivity index (χ0) is 23.8. The standard InChI is InChI=1S/C26H26N2O6/c1-30-15-9-11-22(29)19(12-15)20-14-21-17-6-5-7-23(32-3)25(17)34-26(28(21)27-20)18-10-8-16(31-2)13-24(18)33-4/h5-13,21,26,29H,14H2,1-4H3/t21-,26+/m1/s1. The number of hydrogen-bond acceptors (Lipinski definition) is 8. The molecule has 2 atom stereocenters. The van der Waals surface area contributed by atoms with Gasteiger partial charge in [0, 0.05) is 23.6 Å². The van der Waals surface area contributed by atoms with Crippen molar-refractivity contribution in [2.45, 2.75) is 18.7 Å². The van der Waals surface area contributed by atoms with Crippen molar-refractivity contribution in [2.75, 3.05) is 28.4 Å². The molecule has 8 nitrogen and oxygen atoms in total. The van der Waals surface area contributed by atoms with Gasteiger partial charge in [-0.1, -0.05) is 12.1 Å². The van der Waals surface area contributed by atoms with Crippen LogP contribution in [0.15, 0.2) is 59.7 Å². The fraction of sp³-hybridized carbons (Fsp3) is 0.269. The van der Waals surface area contributed by atoms with E-state index in [0.717, 1.165) is 16.8 Å². The minimum absolute atomic E-state index is 0.128. The fourth-order valence-corrected chi connectivity index (χ4v) is 4.51. The van der Waals surface area contributed by atoms with Crippen LogP contribution >= 0.6 is 0 Å². The van der Waals surface area contributed by atoms with Crippen molar-refractivity contribution in [3.8, 4) is 34.5 Å². The van der Waals surface area contributed by atoms with E-state index in [2.05, 4.69) is 0 Å². The molecule has 3 aromatic rings. The molecule has 5 rings (SSSR count). The number of fused-ring (bicyclic) bond motifs is 3. The van der Waals surface area contributed by atoms with Crippen molar-refractivity contribution >= 4 is 5.71 Å². The molecular weight excluding hydrogens is 436 g/mol. The number of phenols is 1. The fourth-order valence-electron chi connectivity index (χ4n) is 4.51. The number of rotatable bonds is 6. The Kier molecular flexibility index (Phi) is 5.57. The van der Waals surface area contributed by atoms with Crippen molar-refractivity contribution in [3.63, 3.8) is 0 Å². The van der Waals surface area contributed by atoms with Gasteiger partial charge < -0.3 is 28.8 Å². The van der Waals surface area contributed by atoms with Crippen molar-refractivity contribution in [2.24, 2.45) is 5.10 Å². The Hall–Kier alpha value is -4.07. The van der Waals surface area contributed by atoms with Crippen LogP contribution in [0.5, 0.6) is 34.5 Å². The third-order valence-corrected chi connectivity index (χ3v) is 6.22. The Balaban J connectivity index is 1.65. The first-order valence-corrected chi connectivity index (χ1v) is 10.9. The molecule has 0 bridgehead atoms. The highest BCUT2D eigenvalue weighted by atomic mass is 16.5. The molecule has 2 aliphatic rings. The molecule has 0 fully saturated rings. The first kappa shape index (κ1) is 21.8. The van der Waals surface area contributed by atoms with Crippen LogP contribution in [0.4, 0.5) is 0 Å². The summed E-state index contributed by atoms with van der Waals surface area (Å²) in [4.78, 5) is 0. The van der Waals surface area contributed by atoms with Crippen LogP contribution in [0.25, 0.3) is 0 Å². The molecule has 0 aromatic heterocycles. The van der Waals surface area contributed by atoms with Crippen LogP contribution in [-0.2, 0) is 0 Å². The van der Waals surface area contributed by atoms with Crippen LogP contribution in [0, 0.1) is 0 Å². The average molecular weight is 463 g/mol. The van der Waals surface area contributed by atoms with E-state index in [0.29, 0.717) is 40.7 Å². The lowest BCUT2D eigenvalue weighted by molar-refractivity contribution is -0.0222. The predicted octanol–water partition coefficient (Wildman–Crippen LogP) is 4.67. The van der Waals surface area contributed by atoms with Gasteiger partial charge >= 0.3 is 0 Å². The minimum atomic E-state index is -0.583. The van der Waals surface area contributed by atoms with E-state index in [1.807, 2.05) is 41.4 Å². The first-order chi connectivity index (χ1) is 16.6. The van der Waals surface area contributed by atoms with Gasteiger partial charge in [0.2, 0.25) is 6.23 Å². The van der Waals surface area contributed by atoms with Gasteiger partial charge in [-0.25, -0.2) is 5.01 Å². The lowest BCUT2D eigenvalue weighted by Gasteiger charge is -2.39. The Morgan fingerprint density at radius 2 is 1.59 bits per heavy atom. The first-order valence-electron chi connectivity index (χ1n) is 10.9. The summed E-state index contributed by atoms with van der Waals surface area (Å²) in [7, 11) is 6.44. The molecule has 0 amide bonds. The lowest BCUT2D eigenvalue weighted by Crippen LogP contribution is -2.34. The van der Waals surface area contributed by atoms with Gasteiger partial charge in [-0.3, -0.25) is 0 Å². The molecule has 3 aromatic carbocycles. The second kappa shape index (κ2) is 8.70. The van der Waals surface area contributed by atoms with E-state index in [4.69, 9.17) is 28.8 Å². The Labute approximate surface area is 197 Å². The van der Waals surface area contributed by atoms with Crippen molar-refractivity contribution < 1.29 is 28.8 Å². The van der Waals surface area contributed by atoms with Gasteiger partial charge in [-0.2, -0.15) is 5.10 Å². The summed E-state index contributed by atoms with van der Waals surface area (Å²) in [6, 6.07) is 16.4. The van der Waals surface area contributed by atoms with Crippen LogP contribution in [0.2, 0.25) is 0 Å². The molecule has 176 valence electrons. The van der Waals surface area contributed by atoms with Crippen LogP contribution in [-0.4, -0.2) is 44.3 Å². The molecule has 0 aliphatic carbocycles. The normalized spacial score (nSPS) is 18.4. The highest BCUT2D eigenvalue weighted by Gasteiger charge is 2.43. The molecule has 0 spiro atoms.